The van der Waals surface area contributed by atoms with E-state index < -0.39 is 0 Å². The Labute approximate surface area is 89.1 Å². The molecular formula is C10H16N4O. The number of amides is 1. The third-order valence-electron chi connectivity index (χ3n) is 2.61. The number of aromatic nitrogens is 2. The molecule has 1 saturated heterocycles. The van der Waals surface area contributed by atoms with E-state index in [4.69, 9.17) is 0 Å². The molecule has 0 unspecified atom stereocenters. The molecule has 0 radical (unpaired) electrons. The molecule has 1 aliphatic rings. The predicted octanol–water partition coefficient (Wildman–Crippen LogP) is 0.454. The number of hydrogen-bond acceptors (Lipinski definition) is 3. The zero-order valence-electron chi connectivity index (χ0n) is 8.94. The first-order valence-corrected chi connectivity index (χ1v) is 5.26. The number of anilines is 1. The molecule has 2 rings (SSSR count). The van der Waals surface area contributed by atoms with Gasteiger partial charge in [0.05, 0.1) is 18.4 Å². The summed E-state index contributed by atoms with van der Waals surface area (Å²) in [5.74, 6) is 0.177. The number of carbonyl (C=O) groups excluding carboxylic acids is 1. The number of carbonyl (C=O) groups is 1. The van der Waals surface area contributed by atoms with Crippen molar-refractivity contribution in [3.05, 3.63) is 12.4 Å². The van der Waals surface area contributed by atoms with Gasteiger partial charge in [0.25, 0.3) is 0 Å². The molecular weight excluding hydrogens is 192 g/mol. The molecule has 1 fully saturated rings. The van der Waals surface area contributed by atoms with Gasteiger partial charge in [-0.1, -0.05) is 0 Å². The largest absolute Gasteiger partial charge is 0.374 e. The van der Waals surface area contributed by atoms with Crippen molar-refractivity contribution in [2.24, 2.45) is 7.05 Å². The van der Waals surface area contributed by atoms with E-state index in [1.807, 2.05) is 18.1 Å². The van der Waals surface area contributed by atoms with Crippen molar-refractivity contribution in [3.63, 3.8) is 0 Å². The first-order chi connectivity index (χ1) is 7.25. The number of nitrogens with one attached hydrogen (secondary N) is 1. The van der Waals surface area contributed by atoms with Crippen LogP contribution >= 0.6 is 0 Å². The number of likely N-dealkylation sites (tertiary alicyclic amines) is 1. The summed E-state index contributed by atoms with van der Waals surface area (Å²) >= 11 is 0. The lowest BCUT2D eigenvalue weighted by atomic mass is 10.4. The van der Waals surface area contributed by atoms with Crippen LogP contribution in [0, 0.1) is 0 Å². The lowest BCUT2D eigenvalue weighted by Gasteiger charge is -2.15. The van der Waals surface area contributed by atoms with Gasteiger partial charge in [-0.05, 0) is 12.8 Å². The van der Waals surface area contributed by atoms with Crippen molar-refractivity contribution in [2.75, 3.05) is 25.0 Å². The summed E-state index contributed by atoms with van der Waals surface area (Å²) in [7, 11) is 1.85. The van der Waals surface area contributed by atoms with Crippen LogP contribution in [0.25, 0.3) is 0 Å². The predicted molar refractivity (Wildman–Crippen MR) is 57.5 cm³/mol. The van der Waals surface area contributed by atoms with Crippen LogP contribution in [0.4, 0.5) is 5.69 Å². The van der Waals surface area contributed by atoms with Crippen molar-refractivity contribution in [2.45, 2.75) is 12.8 Å². The number of aryl methyl sites for hydroxylation is 1. The summed E-state index contributed by atoms with van der Waals surface area (Å²) in [4.78, 5) is 13.6. The minimum absolute atomic E-state index is 0.177. The Hall–Kier alpha value is -1.52. The minimum Gasteiger partial charge on any atom is -0.374 e. The number of nitrogens with zero attached hydrogens (tertiary/aromatic N) is 3. The Morgan fingerprint density at radius 3 is 2.87 bits per heavy atom. The van der Waals surface area contributed by atoms with E-state index in [9.17, 15) is 4.79 Å². The van der Waals surface area contributed by atoms with Crippen LogP contribution in [0.3, 0.4) is 0 Å². The fourth-order valence-corrected chi connectivity index (χ4v) is 1.77. The highest BCUT2D eigenvalue weighted by Crippen LogP contribution is 2.08. The molecule has 0 aromatic carbocycles. The average molecular weight is 208 g/mol. The molecule has 1 aliphatic heterocycles. The van der Waals surface area contributed by atoms with E-state index in [-0.39, 0.29) is 5.91 Å². The number of rotatable bonds is 3. The van der Waals surface area contributed by atoms with Gasteiger partial charge >= 0.3 is 0 Å². The molecule has 0 bridgehead atoms. The first-order valence-electron chi connectivity index (χ1n) is 5.26. The van der Waals surface area contributed by atoms with Gasteiger partial charge in [-0.3, -0.25) is 9.48 Å². The molecule has 82 valence electrons. The summed E-state index contributed by atoms with van der Waals surface area (Å²) < 4.78 is 1.71. The van der Waals surface area contributed by atoms with Crippen LogP contribution in [0.2, 0.25) is 0 Å². The highest BCUT2D eigenvalue weighted by Gasteiger charge is 2.17. The molecule has 1 N–H and O–H groups in total. The van der Waals surface area contributed by atoms with Gasteiger partial charge in [0.1, 0.15) is 0 Å². The van der Waals surface area contributed by atoms with Gasteiger partial charge in [0.2, 0.25) is 5.91 Å². The fraction of sp³-hybridized carbons (Fsp3) is 0.600. The highest BCUT2D eigenvalue weighted by molar-refractivity contribution is 5.80. The van der Waals surface area contributed by atoms with Crippen molar-refractivity contribution in [3.8, 4) is 0 Å². The van der Waals surface area contributed by atoms with Crippen LogP contribution in [0.5, 0.6) is 0 Å². The van der Waals surface area contributed by atoms with Crippen molar-refractivity contribution < 1.29 is 4.79 Å². The molecule has 1 aromatic rings. The highest BCUT2D eigenvalue weighted by atomic mass is 16.2. The van der Waals surface area contributed by atoms with Gasteiger partial charge < -0.3 is 10.2 Å². The Morgan fingerprint density at radius 1 is 1.53 bits per heavy atom. The molecule has 5 heteroatoms. The van der Waals surface area contributed by atoms with Gasteiger partial charge in [0.15, 0.2) is 0 Å². The third-order valence-corrected chi connectivity index (χ3v) is 2.61. The maximum atomic E-state index is 11.7. The van der Waals surface area contributed by atoms with Gasteiger partial charge in [-0.15, -0.1) is 0 Å². The van der Waals surface area contributed by atoms with E-state index in [0.29, 0.717) is 6.54 Å². The van der Waals surface area contributed by atoms with E-state index in [1.54, 1.807) is 10.9 Å². The van der Waals surface area contributed by atoms with E-state index in [0.717, 1.165) is 31.6 Å². The third kappa shape index (κ3) is 2.49. The van der Waals surface area contributed by atoms with Crippen molar-refractivity contribution in [1.29, 1.82) is 0 Å². The van der Waals surface area contributed by atoms with Crippen LogP contribution in [0.15, 0.2) is 12.4 Å². The zero-order chi connectivity index (χ0) is 10.7. The summed E-state index contributed by atoms with van der Waals surface area (Å²) in [6.07, 6.45) is 5.85. The SMILES string of the molecule is Cn1cc(NCC(=O)N2CCCC2)cn1. The molecule has 0 saturated carbocycles. The Kier molecular flexibility index (Phi) is 2.89. The second kappa shape index (κ2) is 4.33. The van der Waals surface area contributed by atoms with Gasteiger partial charge in [0, 0.05) is 26.3 Å². The summed E-state index contributed by atoms with van der Waals surface area (Å²) in [5, 5.41) is 7.09. The summed E-state index contributed by atoms with van der Waals surface area (Å²) in [6.45, 7) is 2.19. The van der Waals surface area contributed by atoms with Crippen LogP contribution < -0.4 is 5.32 Å². The van der Waals surface area contributed by atoms with Crippen LogP contribution in [0.1, 0.15) is 12.8 Å². The van der Waals surface area contributed by atoms with Crippen molar-refractivity contribution >= 4 is 11.6 Å². The van der Waals surface area contributed by atoms with Crippen LogP contribution in [-0.4, -0.2) is 40.2 Å². The monoisotopic (exact) mass is 208 g/mol. The normalized spacial score (nSPS) is 15.7. The zero-order valence-corrected chi connectivity index (χ0v) is 8.94. The van der Waals surface area contributed by atoms with E-state index in [2.05, 4.69) is 10.4 Å². The van der Waals surface area contributed by atoms with Gasteiger partial charge in [-0.25, -0.2) is 0 Å². The smallest absolute Gasteiger partial charge is 0.241 e. The second-order valence-electron chi connectivity index (χ2n) is 3.84. The number of hydrogen-bond donors (Lipinski definition) is 1. The topological polar surface area (TPSA) is 50.2 Å². The fourth-order valence-electron chi connectivity index (χ4n) is 1.77. The van der Waals surface area contributed by atoms with E-state index >= 15 is 0 Å². The molecule has 0 aliphatic carbocycles. The molecule has 0 atom stereocenters. The van der Waals surface area contributed by atoms with Gasteiger partial charge in [-0.2, -0.15) is 5.10 Å². The quantitative estimate of drug-likeness (QED) is 0.785. The average Bonchev–Trinajstić information content (AvgIpc) is 2.84. The molecule has 1 amide bonds. The Bertz CT molecular complexity index is 341. The summed E-state index contributed by atoms with van der Waals surface area (Å²) in [5.41, 5.74) is 0.894. The lowest BCUT2D eigenvalue weighted by Crippen LogP contribution is -2.32. The first kappa shape index (κ1) is 10.0. The minimum atomic E-state index is 0.177. The maximum absolute atomic E-state index is 11.7. The van der Waals surface area contributed by atoms with Crippen LogP contribution in [-0.2, 0) is 11.8 Å². The summed E-state index contributed by atoms with van der Waals surface area (Å²) in [6, 6.07) is 0. The standard InChI is InChI=1S/C10H16N4O/c1-13-8-9(6-12-13)11-7-10(15)14-4-2-3-5-14/h6,8,11H,2-5,7H2,1H3. The molecule has 15 heavy (non-hydrogen) atoms. The Morgan fingerprint density at radius 2 is 2.27 bits per heavy atom. The molecule has 2 heterocycles. The molecule has 0 spiro atoms. The maximum Gasteiger partial charge on any atom is 0.241 e. The van der Waals surface area contributed by atoms with E-state index in [1.165, 1.54) is 0 Å². The second-order valence-corrected chi connectivity index (χ2v) is 3.84. The molecule has 1 aromatic heterocycles. The van der Waals surface area contributed by atoms with Crippen molar-refractivity contribution in [1.82, 2.24) is 14.7 Å². The lowest BCUT2D eigenvalue weighted by molar-refractivity contribution is -0.128. The Balaban J connectivity index is 1.80. The molecule has 5 nitrogen and oxygen atoms in total.